The number of fused-ring (bicyclic) bond motifs is 2. The van der Waals surface area contributed by atoms with Gasteiger partial charge in [-0.15, -0.1) is 11.3 Å². The Morgan fingerprint density at radius 3 is 2.61 bits per heavy atom. The topological polar surface area (TPSA) is 82.5 Å². The van der Waals surface area contributed by atoms with Crippen molar-refractivity contribution in [2.75, 3.05) is 18.0 Å². The van der Waals surface area contributed by atoms with Crippen molar-refractivity contribution in [2.45, 2.75) is 64.6 Å². The summed E-state index contributed by atoms with van der Waals surface area (Å²) in [7, 11) is 1.72. The lowest BCUT2D eigenvalue weighted by Crippen LogP contribution is -2.59. The summed E-state index contributed by atoms with van der Waals surface area (Å²) in [5.74, 6) is 0.738. The second kappa shape index (κ2) is 10.4. The van der Waals surface area contributed by atoms with Crippen molar-refractivity contribution in [3.05, 3.63) is 57.0 Å². The van der Waals surface area contributed by atoms with E-state index in [9.17, 15) is 18.8 Å². The Balaban J connectivity index is 1.49. The van der Waals surface area contributed by atoms with Crippen LogP contribution in [0.15, 0.2) is 35.1 Å². The third-order valence-electron chi connectivity index (χ3n) is 7.68. The molecule has 0 N–H and O–H groups in total. The molecule has 200 valence electrons. The number of rotatable bonds is 7. The molecule has 0 aliphatic carbocycles. The zero-order valence-corrected chi connectivity index (χ0v) is 22.8. The molecule has 0 unspecified atom stereocenters. The molecule has 8 nitrogen and oxygen atoms in total. The van der Waals surface area contributed by atoms with Crippen LogP contribution in [0.4, 0.5) is 14.6 Å². The van der Waals surface area contributed by atoms with Gasteiger partial charge in [0.05, 0.1) is 28.8 Å². The maximum atomic E-state index is 13.2. The molecule has 5 rings (SSSR count). The van der Waals surface area contributed by atoms with E-state index in [4.69, 9.17) is 4.98 Å². The van der Waals surface area contributed by atoms with E-state index in [0.29, 0.717) is 22.7 Å². The van der Waals surface area contributed by atoms with Gasteiger partial charge >= 0.3 is 0 Å². The van der Waals surface area contributed by atoms with Gasteiger partial charge in [0.2, 0.25) is 0 Å². The fourth-order valence-corrected chi connectivity index (χ4v) is 6.38. The minimum absolute atomic E-state index is 0.00625. The lowest BCUT2D eigenvalue weighted by Gasteiger charge is -2.49. The van der Waals surface area contributed by atoms with Crippen molar-refractivity contribution in [3.63, 3.8) is 0 Å². The number of pyridine rings is 1. The van der Waals surface area contributed by atoms with Gasteiger partial charge in [0.15, 0.2) is 0 Å². The van der Waals surface area contributed by atoms with Gasteiger partial charge in [0, 0.05) is 55.8 Å². The molecule has 1 aliphatic rings. The largest absolute Gasteiger partial charge is 0.351 e. The summed E-state index contributed by atoms with van der Waals surface area (Å²) >= 11 is 1.05. The summed E-state index contributed by atoms with van der Waals surface area (Å²) in [6.45, 7) is 7.87. The number of hydrogen-bond donors (Lipinski definition) is 0. The standard InChI is InChI=1S/C27H31F2N7OS/c1-5-19-15-35(24-13-25(37)33(4)23-12-18(9-10-30)32-36(23)24)20(6-2)14-34(19)16(3)21-8-7-17-11-22(26(28)29)38-27(17)31-21/h7-8,11-13,16,19-20,26H,5-6,9,14-15H2,1-4H3/t16-,19+,20-/m0/s1. The molecule has 0 spiro atoms. The normalized spacial score (nSPS) is 19.5. The third-order valence-corrected chi connectivity index (χ3v) is 8.74. The number of aryl methyl sites for hydroxylation is 1. The lowest BCUT2D eigenvalue weighted by atomic mass is 9.99. The molecule has 4 aromatic heterocycles. The first kappa shape index (κ1) is 26.3. The van der Waals surface area contributed by atoms with Gasteiger partial charge in [0.25, 0.3) is 12.0 Å². The summed E-state index contributed by atoms with van der Waals surface area (Å²) < 4.78 is 29.8. The molecule has 4 aromatic rings. The zero-order valence-electron chi connectivity index (χ0n) is 21.9. The van der Waals surface area contributed by atoms with Crippen LogP contribution in [0, 0.1) is 11.3 Å². The van der Waals surface area contributed by atoms with E-state index in [0.717, 1.165) is 47.6 Å². The average Bonchev–Trinajstić information content (AvgIpc) is 3.54. The Labute approximate surface area is 223 Å². The summed E-state index contributed by atoms with van der Waals surface area (Å²) in [4.78, 5) is 23.1. The summed E-state index contributed by atoms with van der Waals surface area (Å²) in [6, 6.07) is 11.2. The molecule has 0 radical (unpaired) electrons. The fraction of sp³-hybridized carbons (Fsp3) is 0.481. The first-order valence-electron chi connectivity index (χ1n) is 12.9. The van der Waals surface area contributed by atoms with Crippen LogP contribution in [0.25, 0.3) is 15.9 Å². The fourth-order valence-electron chi connectivity index (χ4n) is 5.48. The molecular weight excluding hydrogens is 508 g/mol. The van der Waals surface area contributed by atoms with Gasteiger partial charge in [-0.2, -0.15) is 10.4 Å². The molecule has 3 atom stereocenters. The van der Waals surface area contributed by atoms with Crippen molar-refractivity contribution in [3.8, 4) is 6.07 Å². The Morgan fingerprint density at radius 1 is 1.16 bits per heavy atom. The van der Waals surface area contributed by atoms with Gasteiger partial charge in [-0.3, -0.25) is 14.3 Å². The van der Waals surface area contributed by atoms with Gasteiger partial charge in [-0.1, -0.05) is 19.9 Å². The van der Waals surface area contributed by atoms with Gasteiger partial charge in [0.1, 0.15) is 16.3 Å². The van der Waals surface area contributed by atoms with E-state index in [1.165, 1.54) is 6.07 Å². The molecule has 0 aromatic carbocycles. The number of piperazine rings is 1. The van der Waals surface area contributed by atoms with Gasteiger partial charge < -0.3 is 4.90 Å². The van der Waals surface area contributed by atoms with Crippen molar-refractivity contribution in [1.29, 1.82) is 5.26 Å². The lowest BCUT2D eigenvalue weighted by molar-refractivity contribution is 0.0986. The Bertz CT molecular complexity index is 1570. The number of aromatic nitrogens is 4. The van der Waals surface area contributed by atoms with E-state index < -0.39 is 6.43 Å². The van der Waals surface area contributed by atoms with Gasteiger partial charge in [-0.25, -0.2) is 18.3 Å². The number of hydrogen-bond acceptors (Lipinski definition) is 7. The highest BCUT2D eigenvalue weighted by molar-refractivity contribution is 7.18. The minimum Gasteiger partial charge on any atom is -0.351 e. The minimum atomic E-state index is -2.50. The monoisotopic (exact) mass is 539 g/mol. The summed E-state index contributed by atoms with van der Waals surface area (Å²) in [6.07, 6.45) is -0.570. The molecule has 1 saturated heterocycles. The summed E-state index contributed by atoms with van der Waals surface area (Å²) in [5.41, 5.74) is 2.04. The highest BCUT2D eigenvalue weighted by atomic mass is 32.1. The number of alkyl halides is 2. The van der Waals surface area contributed by atoms with Gasteiger partial charge in [-0.05, 0) is 31.9 Å². The predicted molar refractivity (Wildman–Crippen MR) is 145 cm³/mol. The summed E-state index contributed by atoms with van der Waals surface area (Å²) in [5, 5.41) is 14.6. The Hall–Kier alpha value is -3.36. The first-order chi connectivity index (χ1) is 18.2. The molecule has 1 fully saturated rings. The Morgan fingerprint density at radius 2 is 1.92 bits per heavy atom. The van der Waals surface area contributed by atoms with Crippen LogP contribution in [0.1, 0.15) is 62.3 Å². The molecule has 0 amide bonds. The van der Waals surface area contributed by atoms with E-state index in [-0.39, 0.29) is 35.0 Å². The Kier molecular flexibility index (Phi) is 7.20. The molecule has 5 heterocycles. The molecule has 0 saturated carbocycles. The van der Waals surface area contributed by atoms with Crippen LogP contribution in [0.5, 0.6) is 0 Å². The number of thiophene rings is 1. The first-order valence-corrected chi connectivity index (χ1v) is 13.7. The quantitative estimate of drug-likeness (QED) is 0.326. The van der Waals surface area contributed by atoms with Crippen LogP contribution >= 0.6 is 11.3 Å². The van der Waals surface area contributed by atoms with Crippen LogP contribution in [0.2, 0.25) is 0 Å². The highest BCUT2D eigenvalue weighted by Crippen LogP contribution is 2.35. The number of anilines is 1. The smallest absolute Gasteiger partial charge is 0.272 e. The molecule has 11 heteroatoms. The molecular formula is C27H31F2N7OS. The number of nitriles is 1. The highest BCUT2D eigenvalue weighted by Gasteiger charge is 2.37. The van der Waals surface area contributed by atoms with Crippen molar-refractivity contribution in [2.24, 2.45) is 7.05 Å². The second-order valence-corrected chi connectivity index (χ2v) is 10.9. The maximum Gasteiger partial charge on any atom is 0.272 e. The number of halogens is 2. The van der Waals surface area contributed by atoms with Crippen LogP contribution in [-0.2, 0) is 13.5 Å². The van der Waals surface area contributed by atoms with Crippen LogP contribution in [0.3, 0.4) is 0 Å². The van der Waals surface area contributed by atoms with Crippen LogP contribution in [-0.4, -0.2) is 49.2 Å². The van der Waals surface area contributed by atoms with Crippen LogP contribution < -0.4 is 10.5 Å². The van der Waals surface area contributed by atoms with E-state index in [1.807, 2.05) is 12.1 Å². The van der Waals surface area contributed by atoms with E-state index >= 15 is 0 Å². The van der Waals surface area contributed by atoms with Crippen molar-refractivity contribution in [1.82, 2.24) is 24.1 Å². The zero-order chi connectivity index (χ0) is 27.1. The molecule has 1 aliphatic heterocycles. The van der Waals surface area contributed by atoms with Crippen molar-refractivity contribution < 1.29 is 8.78 Å². The van der Waals surface area contributed by atoms with E-state index in [1.54, 1.807) is 28.3 Å². The van der Waals surface area contributed by atoms with E-state index in [2.05, 4.69) is 41.7 Å². The second-order valence-electron chi connectivity index (χ2n) is 9.87. The molecule has 0 bridgehead atoms. The maximum absolute atomic E-state index is 13.2. The SMILES string of the molecule is CC[C@H]1CN([C@@H](C)c2ccc3cc(C(F)F)sc3n2)[C@H](CC)CN1c1cc(=O)n(C)c2cc(CC#N)nn12. The third kappa shape index (κ3) is 4.56. The number of nitrogens with zero attached hydrogens (tertiary/aromatic N) is 7. The molecule has 38 heavy (non-hydrogen) atoms. The average molecular weight is 540 g/mol. The predicted octanol–water partition coefficient (Wildman–Crippen LogP) is 5.09. The van der Waals surface area contributed by atoms with Crippen molar-refractivity contribution >= 4 is 33.0 Å².